The van der Waals surface area contributed by atoms with Crippen molar-refractivity contribution in [3.8, 4) is 0 Å². The lowest BCUT2D eigenvalue weighted by Gasteiger charge is -2.54. The Morgan fingerprint density at radius 1 is 0.696 bits per heavy atom. The molecular weight excluding hydrogens is 276 g/mol. The third-order valence-electron chi connectivity index (χ3n) is 9.51. The average Bonchev–Trinajstić information content (AvgIpc) is 3.01. The molecule has 0 saturated heterocycles. The van der Waals surface area contributed by atoms with Gasteiger partial charge in [-0.3, -0.25) is 0 Å². The van der Waals surface area contributed by atoms with Crippen LogP contribution in [-0.2, 0) is 0 Å². The molecular formula is C23H40. The molecule has 0 aromatic rings. The van der Waals surface area contributed by atoms with Gasteiger partial charge in [0.15, 0.2) is 0 Å². The first-order valence-electron chi connectivity index (χ1n) is 11.1. The zero-order valence-corrected chi connectivity index (χ0v) is 16.0. The predicted octanol–water partition coefficient (Wildman–Crippen LogP) is 7.08. The van der Waals surface area contributed by atoms with Crippen LogP contribution >= 0.6 is 0 Å². The van der Waals surface area contributed by atoms with Crippen molar-refractivity contribution in [2.24, 2.45) is 46.8 Å². The molecule has 4 aliphatic carbocycles. The summed E-state index contributed by atoms with van der Waals surface area (Å²) in [6.45, 7) is 7.80. The molecule has 23 heavy (non-hydrogen) atoms. The van der Waals surface area contributed by atoms with Crippen molar-refractivity contribution < 1.29 is 0 Å². The van der Waals surface area contributed by atoms with Crippen LogP contribution in [0.15, 0.2) is 0 Å². The van der Waals surface area contributed by atoms with Crippen LogP contribution in [0.1, 0.15) is 97.8 Å². The Hall–Kier alpha value is 0. The summed E-state index contributed by atoms with van der Waals surface area (Å²) in [5.41, 5.74) is 0.683. The fourth-order valence-electron chi connectivity index (χ4n) is 8.32. The third-order valence-corrected chi connectivity index (χ3v) is 9.51. The summed E-state index contributed by atoms with van der Waals surface area (Å²) in [5.74, 6) is 7.47. The van der Waals surface area contributed by atoms with Crippen LogP contribution in [-0.4, -0.2) is 0 Å². The Kier molecular flexibility index (Phi) is 4.57. The van der Waals surface area contributed by atoms with E-state index in [1.165, 1.54) is 32.1 Å². The Balaban J connectivity index is 1.57. The topological polar surface area (TPSA) is 0 Å². The lowest BCUT2D eigenvalue weighted by atomic mass is 9.51. The lowest BCUT2D eigenvalue weighted by Crippen LogP contribution is -2.46. The molecule has 0 heteroatoms. The first-order valence-corrected chi connectivity index (χ1v) is 11.1. The van der Waals surface area contributed by atoms with Gasteiger partial charge >= 0.3 is 0 Å². The van der Waals surface area contributed by atoms with Crippen LogP contribution in [0.5, 0.6) is 0 Å². The molecule has 0 N–H and O–H groups in total. The first kappa shape index (κ1) is 16.5. The van der Waals surface area contributed by atoms with Crippen LogP contribution in [0, 0.1) is 46.8 Å². The van der Waals surface area contributed by atoms with Crippen LogP contribution in [0.4, 0.5) is 0 Å². The highest BCUT2D eigenvalue weighted by molar-refractivity contribution is 5.02. The van der Waals surface area contributed by atoms with Crippen LogP contribution < -0.4 is 0 Å². The SMILES string of the molecule is CC(C)C1(C(C)C2CCC3CCCC4CCC2C43)CCCCC1. The molecule has 0 radical (unpaired) electrons. The number of hydrogen-bond acceptors (Lipinski definition) is 0. The van der Waals surface area contributed by atoms with Gasteiger partial charge in [-0.15, -0.1) is 0 Å². The van der Waals surface area contributed by atoms with Gasteiger partial charge < -0.3 is 0 Å². The van der Waals surface area contributed by atoms with Crippen LogP contribution in [0.2, 0.25) is 0 Å². The fraction of sp³-hybridized carbons (Fsp3) is 1.00. The van der Waals surface area contributed by atoms with E-state index in [-0.39, 0.29) is 0 Å². The number of rotatable bonds is 3. The van der Waals surface area contributed by atoms with Gasteiger partial charge in [0.05, 0.1) is 0 Å². The van der Waals surface area contributed by atoms with Crippen molar-refractivity contribution in [2.45, 2.75) is 97.8 Å². The normalized spacial score (nSPS) is 44.1. The smallest absolute Gasteiger partial charge is 0.0246 e. The minimum absolute atomic E-state index is 0.683. The molecule has 4 rings (SSSR count). The summed E-state index contributed by atoms with van der Waals surface area (Å²) in [6, 6.07) is 0. The summed E-state index contributed by atoms with van der Waals surface area (Å²) in [6.07, 6.45) is 18.6. The third kappa shape index (κ3) is 2.62. The molecule has 0 aromatic heterocycles. The Labute approximate surface area is 145 Å². The van der Waals surface area contributed by atoms with Crippen molar-refractivity contribution in [3.63, 3.8) is 0 Å². The van der Waals surface area contributed by atoms with Gasteiger partial charge in [-0.05, 0) is 85.4 Å². The second-order valence-corrected chi connectivity index (χ2v) is 10.2. The van der Waals surface area contributed by atoms with Gasteiger partial charge in [0.1, 0.15) is 0 Å². The maximum Gasteiger partial charge on any atom is -0.0246 e. The van der Waals surface area contributed by atoms with Crippen molar-refractivity contribution in [1.29, 1.82) is 0 Å². The van der Waals surface area contributed by atoms with Crippen LogP contribution in [0.3, 0.4) is 0 Å². The molecule has 0 heterocycles. The zero-order chi connectivity index (χ0) is 16.0. The standard InChI is InChI=1S/C23H40/c1-16(2)23(14-5-4-6-15-23)17(3)20-12-10-18-8-7-9-19-11-13-21(20)22(18)19/h16-22H,4-15H2,1-3H3. The average molecular weight is 317 g/mol. The molecule has 4 aliphatic rings. The highest BCUT2D eigenvalue weighted by Crippen LogP contribution is 2.61. The zero-order valence-electron chi connectivity index (χ0n) is 16.0. The van der Waals surface area contributed by atoms with E-state index < -0.39 is 0 Å². The second-order valence-electron chi connectivity index (χ2n) is 10.2. The van der Waals surface area contributed by atoms with Gasteiger partial charge in [0.25, 0.3) is 0 Å². The van der Waals surface area contributed by atoms with E-state index in [1.807, 2.05) is 0 Å². The highest BCUT2D eigenvalue weighted by atomic mass is 14.6. The highest BCUT2D eigenvalue weighted by Gasteiger charge is 2.53. The molecule has 0 aliphatic heterocycles. The maximum absolute atomic E-state index is 2.70. The molecule has 6 atom stereocenters. The number of hydrogen-bond donors (Lipinski definition) is 0. The minimum Gasteiger partial charge on any atom is -0.0622 e. The first-order chi connectivity index (χ1) is 11.1. The lowest BCUT2D eigenvalue weighted by molar-refractivity contribution is -0.0449. The molecule has 0 amide bonds. The largest absolute Gasteiger partial charge is 0.0622 e. The van der Waals surface area contributed by atoms with Crippen molar-refractivity contribution in [1.82, 2.24) is 0 Å². The Morgan fingerprint density at radius 3 is 2.00 bits per heavy atom. The van der Waals surface area contributed by atoms with E-state index in [1.54, 1.807) is 44.9 Å². The Bertz CT molecular complexity index is 402. The van der Waals surface area contributed by atoms with Gasteiger partial charge in [-0.25, -0.2) is 0 Å². The van der Waals surface area contributed by atoms with Crippen molar-refractivity contribution >= 4 is 0 Å². The van der Waals surface area contributed by atoms with Crippen molar-refractivity contribution in [2.75, 3.05) is 0 Å². The summed E-state index contributed by atoms with van der Waals surface area (Å²) in [5, 5.41) is 0. The summed E-state index contributed by atoms with van der Waals surface area (Å²) >= 11 is 0. The van der Waals surface area contributed by atoms with E-state index in [0.29, 0.717) is 5.41 Å². The predicted molar refractivity (Wildman–Crippen MR) is 99.3 cm³/mol. The molecule has 6 unspecified atom stereocenters. The molecule has 4 fully saturated rings. The van der Waals surface area contributed by atoms with Gasteiger partial charge in [0, 0.05) is 0 Å². The van der Waals surface area contributed by atoms with E-state index in [0.717, 1.165) is 41.4 Å². The molecule has 0 spiro atoms. The quantitative estimate of drug-likeness (QED) is 0.521. The minimum atomic E-state index is 0.683. The summed E-state index contributed by atoms with van der Waals surface area (Å²) in [4.78, 5) is 0. The molecule has 132 valence electrons. The molecule has 0 bridgehead atoms. The molecule has 0 nitrogen and oxygen atoms in total. The van der Waals surface area contributed by atoms with E-state index in [9.17, 15) is 0 Å². The Morgan fingerprint density at radius 2 is 1.35 bits per heavy atom. The second kappa shape index (κ2) is 6.38. The van der Waals surface area contributed by atoms with E-state index >= 15 is 0 Å². The maximum atomic E-state index is 2.70. The van der Waals surface area contributed by atoms with Gasteiger partial charge in [-0.2, -0.15) is 0 Å². The molecule has 4 saturated carbocycles. The van der Waals surface area contributed by atoms with E-state index in [2.05, 4.69) is 20.8 Å². The molecule has 0 aromatic carbocycles. The van der Waals surface area contributed by atoms with Gasteiger partial charge in [0.2, 0.25) is 0 Å². The van der Waals surface area contributed by atoms with E-state index in [4.69, 9.17) is 0 Å². The summed E-state index contributed by atoms with van der Waals surface area (Å²) in [7, 11) is 0. The summed E-state index contributed by atoms with van der Waals surface area (Å²) < 4.78 is 0. The van der Waals surface area contributed by atoms with Gasteiger partial charge in [-0.1, -0.05) is 59.3 Å². The fourth-order valence-corrected chi connectivity index (χ4v) is 8.32. The van der Waals surface area contributed by atoms with Crippen molar-refractivity contribution in [3.05, 3.63) is 0 Å². The van der Waals surface area contributed by atoms with Crippen LogP contribution in [0.25, 0.3) is 0 Å². The monoisotopic (exact) mass is 316 g/mol.